The molecule has 3 rings (SSSR count). The second-order valence-corrected chi connectivity index (χ2v) is 6.48. The molecule has 7 nitrogen and oxygen atoms in total. The van der Waals surface area contributed by atoms with Crippen LogP contribution in [-0.4, -0.2) is 65.1 Å². The number of carboxylic acids is 1. The Morgan fingerprint density at radius 1 is 1.11 bits per heavy atom. The summed E-state index contributed by atoms with van der Waals surface area (Å²) in [5.74, 6) is -1.44. The van der Waals surface area contributed by atoms with E-state index in [0.29, 0.717) is 24.5 Å². The van der Waals surface area contributed by atoms with Crippen LogP contribution in [-0.2, 0) is 6.54 Å². The maximum atomic E-state index is 13.3. The molecule has 0 radical (unpaired) electrons. The van der Waals surface area contributed by atoms with Gasteiger partial charge >= 0.3 is 12.0 Å². The number of amides is 2. The zero-order valence-corrected chi connectivity index (χ0v) is 15.0. The molecular weight excluding hydrogens is 351 g/mol. The molecule has 1 aliphatic heterocycles. The van der Waals surface area contributed by atoms with Crippen molar-refractivity contribution in [3.63, 3.8) is 0 Å². The number of carboxylic acid groups (broad SMARTS) is 1. The van der Waals surface area contributed by atoms with E-state index in [1.165, 1.54) is 29.3 Å². The molecule has 2 heterocycles. The van der Waals surface area contributed by atoms with Crippen molar-refractivity contribution in [2.45, 2.75) is 6.54 Å². The zero-order valence-electron chi connectivity index (χ0n) is 15.0. The number of nitrogens with zero attached hydrogens (tertiary/aromatic N) is 4. The van der Waals surface area contributed by atoms with Gasteiger partial charge in [0.05, 0.1) is 17.8 Å². The lowest BCUT2D eigenvalue weighted by molar-refractivity contribution is 0.0696. The van der Waals surface area contributed by atoms with E-state index in [0.717, 1.165) is 13.1 Å². The van der Waals surface area contributed by atoms with Gasteiger partial charge in [-0.25, -0.2) is 14.0 Å². The lowest BCUT2D eigenvalue weighted by atomic mass is 10.2. The Balaban J connectivity index is 1.84. The molecule has 2 aromatic rings. The summed E-state index contributed by atoms with van der Waals surface area (Å²) in [5.41, 5.74) is 1.19. The van der Waals surface area contributed by atoms with Gasteiger partial charge in [0.25, 0.3) is 0 Å². The molecule has 2 amide bonds. The van der Waals surface area contributed by atoms with Gasteiger partial charge in [-0.3, -0.25) is 9.88 Å². The second kappa shape index (κ2) is 8.13. The molecule has 1 aromatic heterocycles. The van der Waals surface area contributed by atoms with E-state index in [1.807, 2.05) is 7.05 Å². The summed E-state index contributed by atoms with van der Waals surface area (Å²) in [6.07, 6.45) is 1.26. The maximum absolute atomic E-state index is 13.3. The first-order valence-electron chi connectivity index (χ1n) is 8.63. The molecule has 142 valence electrons. The Bertz CT molecular complexity index is 803. The second-order valence-electron chi connectivity index (χ2n) is 6.48. The molecule has 27 heavy (non-hydrogen) atoms. The fraction of sp³-hybridized carbons (Fsp3) is 0.316. The number of aromatic carboxylic acids is 1. The third-order valence-corrected chi connectivity index (χ3v) is 4.53. The summed E-state index contributed by atoms with van der Waals surface area (Å²) in [6, 6.07) is 8.56. The van der Waals surface area contributed by atoms with Crippen molar-refractivity contribution in [3.05, 3.63) is 59.7 Å². The number of pyridine rings is 1. The van der Waals surface area contributed by atoms with Crippen LogP contribution in [0.15, 0.2) is 42.6 Å². The minimum atomic E-state index is -1.06. The first-order chi connectivity index (χ1) is 12.9. The van der Waals surface area contributed by atoms with Crippen LogP contribution in [0, 0.1) is 5.82 Å². The first kappa shape index (κ1) is 18.8. The highest BCUT2D eigenvalue weighted by molar-refractivity contribution is 5.92. The molecular formula is C19H21FN4O3. The standard InChI is InChI=1S/C19H21FN4O3/c1-22-8-10-23(11-9-22)19(27)24(17-6-3-15(20)4-7-17)13-16-5-2-14(12-21-16)18(25)26/h2-7,12H,8-11,13H2,1H3,(H,25,26). The van der Waals surface area contributed by atoms with Crippen LogP contribution in [0.5, 0.6) is 0 Å². The smallest absolute Gasteiger partial charge is 0.337 e. The molecule has 0 aliphatic carbocycles. The molecule has 1 aromatic carbocycles. The van der Waals surface area contributed by atoms with Crippen LogP contribution in [0.1, 0.15) is 16.1 Å². The molecule has 1 saturated heterocycles. The maximum Gasteiger partial charge on any atom is 0.337 e. The summed E-state index contributed by atoms with van der Waals surface area (Å²) < 4.78 is 13.3. The van der Waals surface area contributed by atoms with E-state index in [-0.39, 0.29) is 24.0 Å². The number of rotatable bonds is 4. The van der Waals surface area contributed by atoms with Gasteiger partial charge in [-0.2, -0.15) is 0 Å². The summed E-state index contributed by atoms with van der Waals surface area (Å²) in [5, 5.41) is 8.99. The van der Waals surface area contributed by atoms with Crippen LogP contribution >= 0.6 is 0 Å². The van der Waals surface area contributed by atoms with Gasteiger partial charge in [-0.15, -0.1) is 0 Å². The van der Waals surface area contributed by atoms with E-state index in [9.17, 15) is 14.0 Å². The van der Waals surface area contributed by atoms with Crippen LogP contribution in [0.2, 0.25) is 0 Å². The van der Waals surface area contributed by atoms with Gasteiger partial charge < -0.3 is 14.9 Å². The minimum Gasteiger partial charge on any atom is -0.478 e. The predicted molar refractivity (Wildman–Crippen MR) is 98.2 cm³/mol. The van der Waals surface area contributed by atoms with Crippen LogP contribution < -0.4 is 4.90 Å². The fourth-order valence-electron chi connectivity index (χ4n) is 2.87. The van der Waals surface area contributed by atoms with Crippen LogP contribution in [0.4, 0.5) is 14.9 Å². The molecule has 0 atom stereocenters. The number of piperazine rings is 1. The van der Waals surface area contributed by atoms with Crippen molar-refractivity contribution in [3.8, 4) is 0 Å². The molecule has 0 unspecified atom stereocenters. The van der Waals surface area contributed by atoms with Crippen molar-refractivity contribution >= 4 is 17.7 Å². The van der Waals surface area contributed by atoms with Crippen LogP contribution in [0.3, 0.4) is 0 Å². The largest absolute Gasteiger partial charge is 0.478 e. The lowest BCUT2D eigenvalue weighted by Gasteiger charge is -2.36. The quantitative estimate of drug-likeness (QED) is 0.891. The average molecular weight is 372 g/mol. The highest BCUT2D eigenvalue weighted by atomic mass is 19.1. The number of carbonyl (C=O) groups excluding carboxylic acids is 1. The van der Waals surface area contributed by atoms with Crippen molar-refractivity contribution in [1.29, 1.82) is 0 Å². The number of urea groups is 1. The monoisotopic (exact) mass is 372 g/mol. The van der Waals surface area contributed by atoms with E-state index < -0.39 is 5.97 Å². The molecule has 1 aliphatic rings. The fourth-order valence-corrected chi connectivity index (χ4v) is 2.87. The molecule has 8 heteroatoms. The van der Waals surface area contributed by atoms with Crippen LogP contribution in [0.25, 0.3) is 0 Å². The molecule has 1 fully saturated rings. The van der Waals surface area contributed by atoms with Crippen molar-refractivity contribution in [2.24, 2.45) is 0 Å². The Morgan fingerprint density at radius 3 is 2.33 bits per heavy atom. The van der Waals surface area contributed by atoms with Gasteiger partial charge in [0.15, 0.2) is 0 Å². The number of hydrogen-bond donors (Lipinski definition) is 1. The highest BCUT2D eigenvalue weighted by Gasteiger charge is 2.25. The van der Waals surface area contributed by atoms with Crippen molar-refractivity contribution in [1.82, 2.24) is 14.8 Å². The van der Waals surface area contributed by atoms with Crippen molar-refractivity contribution < 1.29 is 19.1 Å². The Morgan fingerprint density at radius 2 is 1.78 bits per heavy atom. The van der Waals surface area contributed by atoms with Gasteiger partial charge in [0, 0.05) is 38.1 Å². The van der Waals surface area contributed by atoms with E-state index >= 15 is 0 Å². The van der Waals surface area contributed by atoms with E-state index in [1.54, 1.807) is 23.1 Å². The first-order valence-corrected chi connectivity index (χ1v) is 8.63. The SMILES string of the molecule is CN1CCN(C(=O)N(Cc2ccc(C(=O)O)cn2)c2ccc(F)cc2)CC1. The minimum absolute atomic E-state index is 0.0810. The Kier molecular flexibility index (Phi) is 5.66. The summed E-state index contributed by atoms with van der Waals surface area (Å²) >= 11 is 0. The zero-order chi connectivity index (χ0) is 19.4. The van der Waals surface area contributed by atoms with Crippen molar-refractivity contribution in [2.75, 3.05) is 38.1 Å². The number of anilines is 1. The van der Waals surface area contributed by atoms with E-state index in [4.69, 9.17) is 5.11 Å². The summed E-state index contributed by atoms with van der Waals surface area (Å²) in [7, 11) is 2.01. The number of aromatic nitrogens is 1. The molecule has 0 bridgehead atoms. The number of benzene rings is 1. The van der Waals surface area contributed by atoms with Gasteiger partial charge in [0.2, 0.25) is 0 Å². The Hall–Kier alpha value is -3.00. The predicted octanol–water partition coefficient (Wildman–Crippen LogP) is 2.29. The third-order valence-electron chi connectivity index (χ3n) is 4.53. The molecule has 1 N–H and O–H groups in total. The molecule has 0 spiro atoms. The lowest BCUT2D eigenvalue weighted by Crippen LogP contribution is -2.52. The number of hydrogen-bond acceptors (Lipinski definition) is 4. The average Bonchev–Trinajstić information content (AvgIpc) is 2.67. The molecule has 0 saturated carbocycles. The summed E-state index contributed by atoms with van der Waals surface area (Å²) in [4.78, 5) is 33.7. The number of carbonyl (C=O) groups is 2. The Labute approximate surface area is 156 Å². The third kappa shape index (κ3) is 4.59. The van der Waals surface area contributed by atoms with E-state index in [2.05, 4.69) is 9.88 Å². The normalized spacial score (nSPS) is 14.8. The topological polar surface area (TPSA) is 77.0 Å². The van der Waals surface area contributed by atoms with Gasteiger partial charge in [0.1, 0.15) is 5.82 Å². The number of likely N-dealkylation sites (N-methyl/N-ethyl adjacent to an activating group) is 1. The number of halogens is 1. The highest BCUT2D eigenvalue weighted by Crippen LogP contribution is 2.20. The van der Waals surface area contributed by atoms with Gasteiger partial charge in [-0.1, -0.05) is 0 Å². The van der Waals surface area contributed by atoms with Gasteiger partial charge in [-0.05, 0) is 43.4 Å². The summed E-state index contributed by atoms with van der Waals surface area (Å²) in [6.45, 7) is 2.95.